The molecule has 1 fully saturated rings. The molecular formula is C18H18N8O2S2. The van der Waals surface area contributed by atoms with Gasteiger partial charge in [0.25, 0.3) is 0 Å². The molecule has 5 heterocycles. The van der Waals surface area contributed by atoms with Gasteiger partial charge in [-0.1, -0.05) is 0 Å². The fraction of sp³-hybridized carbons (Fsp3) is 0.222. The highest BCUT2D eigenvalue weighted by Crippen LogP contribution is 2.34. The van der Waals surface area contributed by atoms with Crippen LogP contribution in [0, 0.1) is 12.3 Å². The molecule has 4 aromatic heterocycles. The molecule has 1 saturated heterocycles. The summed E-state index contributed by atoms with van der Waals surface area (Å²) in [7, 11) is 1.86. The van der Waals surface area contributed by atoms with E-state index >= 15 is 0 Å². The van der Waals surface area contributed by atoms with Gasteiger partial charge in [0.05, 0.1) is 30.5 Å². The molecule has 0 bridgehead atoms. The Labute approximate surface area is 178 Å². The lowest BCUT2D eigenvalue weighted by Gasteiger charge is -2.33. The number of nitrogens with zero attached hydrogens (tertiary/aromatic N) is 6. The van der Waals surface area contributed by atoms with Crippen molar-refractivity contribution in [2.24, 2.45) is 7.05 Å². The third-order valence-electron chi connectivity index (χ3n) is 4.84. The van der Waals surface area contributed by atoms with Crippen LogP contribution in [0.2, 0.25) is 0 Å². The van der Waals surface area contributed by atoms with Crippen molar-refractivity contribution in [3.05, 3.63) is 36.3 Å². The molecule has 1 unspecified atom stereocenters. The SMILES string of the molecule is Cc1cc(Nc2cc(N3CC(=N)C3)nc3c(-c4cnn(C)c4)cnn23)sc1S(=O)O. The van der Waals surface area contributed by atoms with Crippen molar-refractivity contribution in [2.45, 2.75) is 11.1 Å². The van der Waals surface area contributed by atoms with Gasteiger partial charge in [-0.2, -0.15) is 14.7 Å². The van der Waals surface area contributed by atoms with E-state index in [1.807, 2.05) is 30.3 Å². The lowest BCUT2D eigenvalue weighted by atomic mass is 10.2. The summed E-state index contributed by atoms with van der Waals surface area (Å²) in [5.41, 5.74) is 3.84. The second kappa shape index (κ2) is 7.00. The molecule has 0 aromatic carbocycles. The van der Waals surface area contributed by atoms with Gasteiger partial charge in [-0.15, -0.1) is 11.3 Å². The zero-order valence-corrected chi connectivity index (χ0v) is 17.8. The van der Waals surface area contributed by atoms with Crippen molar-refractivity contribution in [1.82, 2.24) is 24.4 Å². The van der Waals surface area contributed by atoms with Crippen LogP contribution in [0.3, 0.4) is 0 Å². The van der Waals surface area contributed by atoms with Crippen LogP contribution >= 0.6 is 11.3 Å². The first-order chi connectivity index (χ1) is 14.4. The van der Waals surface area contributed by atoms with Crippen molar-refractivity contribution in [3.63, 3.8) is 0 Å². The Balaban J connectivity index is 1.62. The van der Waals surface area contributed by atoms with Crippen LogP contribution in [0.4, 0.5) is 16.6 Å². The topological polar surface area (TPSA) is 124 Å². The Kier molecular flexibility index (Phi) is 4.41. The van der Waals surface area contributed by atoms with Gasteiger partial charge in [0, 0.05) is 36.1 Å². The van der Waals surface area contributed by atoms with Crippen molar-refractivity contribution < 1.29 is 8.76 Å². The van der Waals surface area contributed by atoms with Gasteiger partial charge in [-0.25, -0.2) is 9.19 Å². The van der Waals surface area contributed by atoms with E-state index in [4.69, 9.17) is 10.4 Å². The van der Waals surface area contributed by atoms with Crippen molar-refractivity contribution >= 4 is 50.4 Å². The number of nitrogens with one attached hydrogen (secondary N) is 2. The Morgan fingerprint density at radius 3 is 2.70 bits per heavy atom. The Morgan fingerprint density at radius 2 is 2.07 bits per heavy atom. The van der Waals surface area contributed by atoms with Gasteiger partial charge in [0.2, 0.25) is 0 Å². The standard InChI is InChI=1S/C18H18N8O2S2/c1-10-3-16(29-18(10)30(27)28)22-15-4-14(25-8-12(19)9-25)23-17-13(6-21-26(15)17)11-5-20-24(2)7-11/h3-7,19,22H,8-9H2,1-2H3,(H,27,28). The summed E-state index contributed by atoms with van der Waals surface area (Å²) in [6.07, 6.45) is 5.42. The first kappa shape index (κ1) is 18.9. The van der Waals surface area contributed by atoms with Crippen LogP contribution in [0.25, 0.3) is 16.8 Å². The molecule has 0 saturated carbocycles. The van der Waals surface area contributed by atoms with E-state index in [2.05, 4.69) is 15.5 Å². The maximum Gasteiger partial charge on any atom is 0.197 e. The molecule has 12 heteroatoms. The van der Waals surface area contributed by atoms with E-state index in [0.717, 1.165) is 27.5 Å². The summed E-state index contributed by atoms with van der Waals surface area (Å²) in [5, 5.41) is 20.6. The minimum atomic E-state index is -2.03. The number of hydrogen-bond donors (Lipinski definition) is 3. The molecule has 10 nitrogen and oxygen atoms in total. The number of thiophene rings is 1. The minimum absolute atomic E-state index is 0.413. The van der Waals surface area contributed by atoms with Gasteiger partial charge in [0.1, 0.15) is 15.8 Å². The summed E-state index contributed by atoms with van der Waals surface area (Å²) in [6.45, 7) is 2.90. The number of aromatic nitrogens is 5. The van der Waals surface area contributed by atoms with Crippen molar-refractivity contribution in [1.29, 1.82) is 5.41 Å². The van der Waals surface area contributed by atoms with Gasteiger partial charge in [0.15, 0.2) is 16.7 Å². The molecule has 5 rings (SSSR count). The monoisotopic (exact) mass is 442 g/mol. The van der Waals surface area contributed by atoms with Crippen LogP contribution in [0.1, 0.15) is 5.56 Å². The fourth-order valence-corrected chi connectivity index (χ4v) is 5.07. The lowest BCUT2D eigenvalue weighted by molar-refractivity contribution is 0.566. The predicted molar refractivity (Wildman–Crippen MR) is 117 cm³/mol. The highest BCUT2D eigenvalue weighted by atomic mass is 32.2. The predicted octanol–water partition coefficient (Wildman–Crippen LogP) is 2.66. The van der Waals surface area contributed by atoms with E-state index in [9.17, 15) is 8.76 Å². The number of fused-ring (bicyclic) bond motifs is 1. The maximum absolute atomic E-state index is 11.5. The summed E-state index contributed by atoms with van der Waals surface area (Å²) in [6, 6.07) is 3.72. The largest absolute Gasteiger partial charge is 0.345 e. The number of aryl methyl sites for hydroxylation is 2. The van der Waals surface area contributed by atoms with Crippen LogP contribution in [-0.2, 0) is 18.1 Å². The third kappa shape index (κ3) is 3.18. The lowest BCUT2D eigenvalue weighted by Crippen LogP contribution is -2.47. The van der Waals surface area contributed by atoms with Crippen molar-refractivity contribution in [3.8, 4) is 11.1 Å². The Hall–Kier alpha value is -3.09. The van der Waals surface area contributed by atoms with Crippen LogP contribution in [0.15, 0.2) is 34.9 Å². The molecule has 154 valence electrons. The molecule has 0 spiro atoms. The minimum Gasteiger partial charge on any atom is -0.345 e. The first-order valence-corrected chi connectivity index (χ1v) is 11.0. The van der Waals surface area contributed by atoms with Gasteiger partial charge >= 0.3 is 0 Å². The molecule has 30 heavy (non-hydrogen) atoms. The molecule has 1 atom stereocenters. The molecular weight excluding hydrogens is 424 g/mol. The summed E-state index contributed by atoms with van der Waals surface area (Å²) >= 11 is -0.801. The quantitative estimate of drug-likeness (QED) is 0.406. The third-order valence-corrected chi connectivity index (χ3v) is 7.11. The van der Waals surface area contributed by atoms with Crippen LogP contribution in [-0.4, -0.2) is 51.9 Å². The zero-order chi connectivity index (χ0) is 21.0. The highest BCUT2D eigenvalue weighted by Gasteiger charge is 2.24. The van der Waals surface area contributed by atoms with Crippen LogP contribution in [0.5, 0.6) is 0 Å². The molecule has 0 aliphatic carbocycles. The average molecular weight is 443 g/mol. The number of rotatable bonds is 5. The van der Waals surface area contributed by atoms with Gasteiger partial charge in [-0.05, 0) is 18.6 Å². The maximum atomic E-state index is 11.5. The fourth-order valence-electron chi connectivity index (χ4n) is 3.37. The van der Waals surface area contributed by atoms with Crippen molar-refractivity contribution in [2.75, 3.05) is 23.3 Å². The smallest absolute Gasteiger partial charge is 0.197 e. The molecule has 1 aliphatic heterocycles. The second-order valence-corrected chi connectivity index (χ2v) is 9.33. The van der Waals surface area contributed by atoms with Crippen LogP contribution < -0.4 is 10.2 Å². The van der Waals surface area contributed by atoms with E-state index in [-0.39, 0.29) is 0 Å². The molecule has 0 radical (unpaired) electrons. The van der Waals surface area contributed by atoms with Gasteiger partial charge < -0.3 is 20.2 Å². The summed E-state index contributed by atoms with van der Waals surface area (Å²) < 4.78 is 24.8. The second-order valence-electron chi connectivity index (χ2n) is 7.11. The first-order valence-electron chi connectivity index (χ1n) is 9.06. The number of anilines is 3. The molecule has 1 aliphatic rings. The summed E-state index contributed by atoms with van der Waals surface area (Å²) in [5.74, 6) is 1.42. The Bertz CT molecular complexity index is 1310. The normalized spacial score (nSPS) is 14.9. The highest BCUT2D eigenvalue weighted by molar-refractivity contribution is 7.82. The number of hydrogen-bond acceptors (Lipinski definition) is 8. The van der Waals surface area contributed by atoms with E-state index in [1.165, 1.54) is 11.3 Å². The zero-order valence-electron chi connectivity index (χ0n) is 16.2. The molecule has 0 amide bonds. The van der Waals surface area contributed by atoms with E-state index in [0.29, 0.717) is 34.5 Å². The molecule has 4 aromatic rings. The average Bonchev–Trinajstić information content (AvgIpc) is 3.37. The van der Waals surface area contributed by atoms with Gasteiger partial charge in [-0.3, -0.25) is 4.68 Å². The summed E-state index contributed by atoms with van der Waals surface area (Å²) in [4.78, 5) is 6.81. The van der Waals surface area contributed by atoms with E-state index in [1.54, 1.807) is 28.5 Å². The Morgan fingerprint density at radius 1 is 1.27 bits per heavy atom. The van der Waals surface area contributed by atoms with E-state index < -0.39 is 11.1 Å². The molecule has 3 N–H and O–H groups in total.